The molecule has 0 spiro atoms. The Morgan fingerprint density at radius 2 is 1.96 bits per heavy atom. The van der Waals surface area contributed by atoms with Gasteiger partial charge in [0.05, 0.1) is 25.6 Å². The Bertz CT molecular complexity index is 706. The molecular formula is C13H21FN3O6P. The van der Waals surface area contributed by atoms with Gasteiger partial charge in [0.1, 0.15) is 6.54 Å². The van der Waals surface area contributed by atoms with Gasteiger partial charge in [-0.2, -0.15) is 4.39 Å². The van der Waals surface area contributed by atoms with E-state index in [4.69, 9.17) is 9.05 Å². The van der Waals surface area contributed by atoms with Crippen LogP contribution in [0.2, 0.25) is 0 Å². The number of nitrogens with one attached hydrogen (secondary N) is 2. The van der Waals surface area contributed by atoms with Gasteiger partial charge in [-0.1, -0.05) is 0 Å². The molecule has 24 heavy (non-hydrogen) atoms. The zero-order valence-electron chi connectivity index (χ0n) is 13.5. The molecule has 0 saturated carbocycles. The van der Waals surface area contributed by atoms with Crippen LogP contribution >= 0.6 is 7.60 Å². The number of amides is 1. The van der Waals surface area contributed by atoms with Gasteiger partial charge in [-0.05, 0) is 20.3 Å². The average Bonchev–Trinajstić information content (AvgIpc) is 2.50. The number of carbonyl (C=O) groups excluding carboxylic acids is 1. The zero-order valence-corrected chi connectivity index (χ0v) is 14.4. The van der Waals surface area contributed by atoms with E-state index in [-0.39, 0.29) is 25.9 Å². The number of hydrogen-bond acceptors (Lipinski definition) is 6. The van der Waals surface area contributed by atoms with E-state index in [2.05, 4.69) is 5.32 Å². The lowest BCUT2D eigenvalue weighted by molar-refractivity contribution is -0.121. The molecule has 1 aromatic rings. The SMILES string of the molecule is CCOP(=O)(CCCNC(=O)Cn1cc(F)c(=O)[nH]c1=O)OCC. The molecule has 0 atom stereocenters. The lowest BCUT2D eigenvalue weighted by Gasteiger charge is -2.16. The molecule has 0 fully saturated rings. The molecule has 0 aromatic carbocycles. The average molecular weight is 365 g/mol. The molecule has 0 unspecified atom stereocenters. The van der Waals surface area contributed by atoms with E-state index in [9.17, 15) is 23.3 Å². The third-order valence-corrected chi connectivity index (χ3v) is 5.03. The highest BCUT2D eigenvalue weighted by atomic mass is 31.2. The van der Waals surface area contributed by atoms with E-state index < -0.39 is 37.1 Å². The summed E-state index contributed by atoms with van der Waals surface area (Å²) in [5, 5.41) is 2.50. The number of nitrogens with zero attached hydrogens (tertiary/aromatic N) is 1. The molecule has 9 nitrogen and oxygen atoms in total. The Morgan fingerprint density at radius 1 is 1.33 bits per heavy atom. The van der Waals surface area contributed by atoms with Crippen molar-refractivity contribution in [3.63, 3.8) is 0 Å². The fourth-order valence-electron chi connectivity index (χ4n) is 1.87. The minimum Gasteiger partial charge on any atom is -0.355 e. The van der Waals surface area contributed by atoms with Gasteiger partial charge in [0.25, 0.3) is 5.56 Å². The Morgan fingerprint density at radius 3 is 2.54 bits per heavy atom. The third-order valence-electron chi connectivity index (χ3n) is 2.86. The van der Waals surface area contributed by atoms with Crippen LogP contribution < -0.4 is 16.6 Å². The summed E-state index contributed by atoms with van der Waals surface area (Å²) in [6, 6.07) is 0. The van der Waals surface area contributed by atoms with Gasteiger partial charge >= 0.3 is 13.3 Å². The van der Waals surface area contributed by atoms with Gasteiger partial charge in [0, 0.05) is 6.54 Å². The summed E-state index contributed by atoms with van der Waals surface area (Å²) in [6.07, 6.45) is 1.15. The van der Waals surface area contributed by atoms with E-state index >= 15 is 0 Å². The van der Waals surface area contributed by atoms with Crippen molar-refractivity contribution in [1.82, 2.24) is 14.9 Å². The molecule has 2 N–H and O–H groups in total. The first-order valence-electron chi connectivity index (χ1n) is 7.45. The molecule has 1 aromatic heterocycles. The standard InChI is InChI=1S/C13H21FN3O6P/c1-3-22-24(21,23-4-2)7-5-6-15-11(18)9-17-8-10(14)12(19)16-13(17)20/h8H,3-7,9H2,1-2H3,(H,15,18)(H,16,19,20). The van der Waals surface area contributed by atoms with Crippen LogP contribution in [-0.4, -0.2) is 41.4 Å². The van der Waals surface area contributed by atoms with Crippen LogP contribution in [0.4, 0.5) is 4.39 Å². The molecule has 0 radical (unpaired) electrons. The normalized spacial score (nSPS) is 11.5. The molecule has 0 aliphatic rings. The van der Waals surface area contributed by atoms with Crippen LogP contribution in [0.1, 0.15) is 20.3 Å². The van der Waals surface area contributed by atoms with Crippen LogP contribution in [0.5, 0.6) is 0 Å². The van der Waals surface area contributed by atoms with Gasteiger partial charge in [0.15, 0.2) is 0 Å². The summed E-state index contributed by atoms with van der Waals surface area (Å²) in [5.41, 5.74) is -2.02. The van der Waals surface area contributed by atoms with Gasteiger partial charge < -0.3 is 14.4 Å². The van der Waals surface area contributed by atoms with Crippen molar-refractivity contribution in [3.8, 4) is 0 Å². The number of rotatable bonds is 10. The van der Waals surface area contributed by atoms with Crippen molar-refractivity contribution in [1.29, 1.82) is 0 Å². The number of aromatic nitrogens is 2. The fourth-order valence-corrected chi connectivity index (χ4v) is 3.54. The van der Waals surface area contributed by atoms with E-state index in [0.717, 1.165) is 4.57 Å². The Kier molecular flexibility index (Phi) is 8.03. The minimum atomic E-state index is -3.16. The minimum absolute atomic E-state index is 0.141. The molecule has 0 saturated heterocycles. The molecule has 11 heteroatoms. The van der Waals surface area contributed by atoms with Gasteiger partial charge in [-0.3, -0.25) is 23.7 Å². The van der Waals surface area contributed by atoms with Crippen molar-refractivity contribution in [3.05, 3.63) is 32.9 Å². The number of aromatic amines is 1. The molecular weight excluding hydrogens is 344 g/mol. The molecule has 0 bridgehead atoms. The van der Waals surface area contributed by atoms with Gasteiger partial charge in [-0.15, -0.1) is 0 Å². The van der Waals surface area contributed by atoms with E-state index in [0.29, 0.717) is 12.6 Å². The maximum Gasteiger partial charge on any atom is 0.330 e. The van der Waals surface area contributed by atoms with Crippen LogP contribution in [0.3, 0.4) is 0 Å². The molecule has 0 aliphatic carbocycles. The number of halogens is 1. The van der Waals surface area contributed by atoms with E-state index in [1.165, 1.54) is 0 Å². The monoisotopic (exact) mass is 365 g/mol. The fraction of sp³-hybridized carbons (Fsp3) is 0.615. The summed E-state index contributed by atoms with van der Waals surface area (Å²) in [4.78, 5) is 35.8. The quantitative estimate of drug-likeness (QED) is 0.459. The predicted octanol–water partition coefficient (Wildman–Crippen LogP) is 0.448. The number of H-pyrrole nitrogens is 1. The molecule has 1 amide bonds. The maximum absolute atomic E-state index is 13.1. The zero-order chi connectivity index (χ0) is 18.2. The molecule has 0 aliphatic heterocycles. The first-order valence-corrected chi connectivity index (χ1v) is 9.18. The van der Waals surface area contributed by atoms with Crippen molar-refractivity contribution in [2.75, 3.05) is 25.9 Å². The summed E-state index contributed by atoms with van der Waals surface area (Å²) < 4.78 is 36.3. The van der Waals surface area contributed by atoms with Crippen molar-refractivity contribution in [2.45, 2.75) is 26.8 Å². The second-order valence-corrected chi connectivity index (χ2v) is 6.92. The van der Waals surface area contributed by atoms with Crippen molar-refractivity contribution in [2.24, 2.45) is 0 Å². The van der Waals surface area contributed by atoms with Crippen LogP contribution in [0, 0.1) is 5.82 Å². The second-order valence-electron chi connectivity index (χ2n) is 4.74. The highest BCUT2D eigenvalue weighted by Crippen LogP contribution is 2.48. The first kappa shape index (κ1) is 20.3. The second kappa shape index (κ2) is 9.51. The molecule has 1 heterocycles. The van der Waals surface area contributed by atoms with Crippen LogP contribution in [-0.2, 0) is 25.0 Å². The lowest BCUT2D eigenvalue weighted by Crippen LogP contribution is -2.37. The third kappa shape index (κ3) is 6.38. The van der Waals surface area contributed by atoms with Gasteiger partial charge in [0.2, 0.25) is 11.7 Å². The highest BCUT2D eigenvalue weighted by molar-refractivity contribution is 7.53. The van der Waals surface area contributed by atoms with E-state index in [1.54, 1.807) is 18.8 Å². The first-order chi connectivity index (χ1) is 11.3. The number of hydrogen-bond donors (Lipinski definition) is 2. The van der Waals surface area contributed by atoms with Crippen LogP contribution in [0.25, 0.3) is 0 Å². The smallest absolute Gasteiger partial charge is 0.330 e. The molecule has 136 valence electrons. The Hall–Kier alpha value is -1.77. The Balaban J connectivity index is 2.47. The van der Waals surface area contributed by atoms with E-state index in [1.807, 2.05) is 0 Å². The number of carbonyl (C=O) groups is 1. The topological polar surface area (TPSA) is 119 Å². The summed E-state index contributed by atoms with van der Waals surface area (Å²) in [6.45, 7) is 3.66. The molecule has 1 rings (SSSR count). The Labute approximate surface area is 137 Å². The highest BCUT2D eigenvalue weighted by Gasteiger charge is 2.22. The maximum atomic E-state index is 13.1. The summed E-state index contributed by atoms with van der Waals surface area (Å²) in [5.74, 6) is -1.71. The van der Waals surface area contributed by atoms with Crippen LogP contribution in [0.15, 0.2) is 15.8 Å². The largest absolute Gasteiger partial charge is 0.355 e. The van der Waals surface area contributed by atoms with Crippen molar-refractivity contribution < 1.29 is 22.8 Å². The predicted molar refractivity (Wildman–Crippen MR) is 84.6 cm³/mol. The lowest BCUT2D eigenvalue weighted by atomic mass is 10.4. The summed E-state index contributed by atoms with van der Waals surface area (Å²) >= 11 is 0. The summed E-state index contributed by atoms with van der Waals surface area (Å²) in [7, 11) is -3.16. The van der Waals surface area contributed by atoms with Crippen molar-refractivity contribution >= 4 is 13.5 Å². The van der Waals surface area contributed by atoms with Gasteiger partial charge in [-0.25, -0.2) is 4.79 Å².